The topological polar surface area (TPSA) is 75.8 Å². The quantitative estimate of drug-likeness (QED) is 0.593. The summed E-state index contributed by atoms with van der Waals surface area (Å²) in [7, 11) is 1.81. The summed E-state index contributed by atoms with van der Waals surface area (Å²) in [5, 5.41) is 19.7. The van der Waals surface area contributed by atoms with Crippen LogP contribution in [0.2, 0.25) is 0 Å². The number of nitro groups is 1. The van der Waals surface area contributed by atoms with Gasteiger partial charge in [-0.25, -0.2) is 0 Å². The molecule has 6 nitrogen and oxygen atoms in total. The molecule has 1 aromatic carbocycles. The van der Waals surface area contributed by atoms with E-state index < -0.39 is 4.92 Å². The molecule has 0 saturated heterocycles. The molecule has 0 heterocycles. The highest BCUT2D eigenvalue weighted by atomic mass is 16.6. The van der Waals surface area contributed by atoms with Crippen LogP contribution in [-0.4, -0.2) is 36.8 Å². The predicted octanol–water partition coefficient (Wildman–Crippen LogP) is 1.81. The molecule has 0 saturated carbocycles. The van der Waals surface area contributed by atoms with Gasteiger partial charge in [0.1, 0.15) is 0 Å². The second-order valence-corrected chi connectivity index (χ2v) is 3.90. The summed E-state index contributed by atoms with van der Waals surface area (Å²) in [5.74, 6) is 0.268. The normalized spacial score (nSPS) is 10.2. The Morgan fingerprint density at radius 3 is 2.78 bits per heavy atom. The zero-order chi connectivity index (χ0) is 13.5. The third kappa shape index (κ3) is 3.59. The zero-order valence-electron chi connectivity index (χ0n) is 10.6. The van der Waals surface area contributed by atoms with Crippen molar-refractivity contribution in [3.63, 3.8) is 0 Å². The number of hydrogen-bond donors (Lipinski definition) is 1. The Labute approximate surface area is 106 Å². The highest BCUT2D eigenvalue weighted by Gasteiger charge is 2.16. The Bertz CT molecular complexity index is 409. The van der Waals surface area contributed by atoms with Crippen LogP contribution in [0.5, 0.6) is 5.75 Å². The first-order valence-corrected chi connectivity index (χ1v) is 5.83. The first kappa shape index (κ1) is 14.2. The zero-order valence-corrected chi connectivity index (χ0v) is 10.6. The fourth-order valence-corrected chi connectivity index (χ4v) is 1.50. The number of likely N-dealkylation sites (N-methyl/N-ethyl adjacent to an activating group) is 1. The fraction of sp³-hybridized carbons (Fsp3) is 0.500. The van der Waals surface area contributed by atoms with E-state index in [0.29, 0.717) is 13.2 Å². The van der Waals surface area contributed by atoms with E-state index >= 15 is 0 Å². The van der Waals surface area contributed by atoms with E-state index in [9.17, 15) is 10.1 Å². The molecule has 0 spiro atoms. The minimum Gasteiger partial charge on any atom is -0.487 e. The van der Waals surface area contributed by atoms with E-state index in [2.05, 4.69) is 0 Å². The Kier molecular flexibility index (Phi) is 5.38. The molecule has 6 heteroatoms. The van der Waals surface area contributed by atoms with Gasteiger partial charge in [0.15, 0.2) is 5.75 Å². The van der Waals surface area contributed by atoms with E-state index in [1.54, 1.807) is 19.2 Å². The number of nitrogens with zero attached hydrogens (tertiary/aromatic N) is 2. The lowest BCUT2D eigenvalue weighted by Gasteiger charge is -2.18. The molecule has 0 amide bonds. The van der Waals surface area contributed by atoms with Crippen molar-refractivity contribution in [2.24, 2.45) is 0 Å². The average Bonchev–Trinajstić information content (AvgIpc) is 2.36. The monoisotopic (exact) mass is 254 g/mol. The van der Waals surface area contributed by atoms with E-state index in [4.69, 9.17) is 9.84 Å². The van der Waals surface area contributed by atoms with Crippen LogP contribution >= 0.6 is 0 Å². The van der Waals surface area contributed by atoms with Crippen LogP contribution in [0.1, 0.15) is 13.3 Å². The molecule has 0 atom stereocenters. The minimum atomic E-state index is -0.458. The number of rotatable bonds is 7. The standard InChI is InChI=1S/C12H18N2O4/c1-3-8-18-12-9-10(13(2)6-7-15)4-5-11(12)14(16)17/h4-5,9,15H,3,6-8H2,1-2H3. The van der Waals surface area contributed by atoms with Crippen molar-refractivity contribution in [3.8, 4) is 5.75 Å². The number of anilines is 1. The number of nitro benzene ring substituents is 1. The van der Waals surface area contributed by atoms with Gasteiger partial charge >= 0.3 is 5.69 Å². The first-order chi connectivity index (χ1) is 8.60. The molecule has 0 radical (unpaired) electrons. The van der Waals surface area contributed by atoms with Crippen molar-refractivity contribution in [1.29, 1.82) is 0 Å². The van der Waals surface area contributed by atoms with Crippen molar-refractivity contribution >= 4 is 11.4 Å². The van der Waals surface area contributed by atoms with E-state index in [-0.39, 0.29) is 18.0 Å². The van der Waals surface area contributed by atoms with Crippen molar-refractivity contribution < 1.29 is 14.8 Å². The van der Waals surface area contributed by atoms with Gasteiger partial charge in [-0.1, -0.05) is 6.92 Å². The summed E-state index contributed by atoms with van der Waals surface area (Å²) in [5.41, 5.74) is 0.741. The Morgan fingerprint density at radius 1 is 1.50 bits per heavy atom. The van der Waals surface area contributed by atoms with Crippen LogP contribution in [0.3, 0.4) is 0 Å². The molecule has 100 valence electrons. The molecule has 18 heavy (non-hydrogen) atoms. The maximum Gasteiger partial charge on any atom is 0.311 e. The van der Waals surface area contributed by atoms with Gasteiger partial charge in [0.25, 0.3) is 0 Å². The van der Waals surface area contributed by atoms with Gasteiger partial charge in [-0.05, 0) is 12.5 Å². The van der Waals surface area contributed by atoms with Crippen LogP contribution in [0.4, 0.5) is 11.4 Å². The fourth-order valence-electron chi connectivity index (χ4n) is 1.50. The largest absolute Gasteiger partial charge is 0.487 e. The second kappa shape index (κ2) is 6.80. The minimum absolute atomic E-state index is 0.0264. The van der Waals surface area contributed by atoms with Gasteiger partial charge in [0, 0.05) is 31.4 Å². The van der Waals surface area contributed by atoms with Crippen molar-refractivity contribution in [3.05, 3.63) is 28.3 Å². The van der Waals surface area contributed by atoms with Crippen LogP contribution in [0.15, 0.2) is 18.2 Å². The molecule has 0 fully saturated rings. The maximum atomic E-state index is 10.9. The smallest absolute Gasteiger partial charge is 0.311 e. The van der Waals surface area contributed by atoms with Gasteiger partial charge in [-0.2, -0.15) is 0 Å². The molecule has 1 rings (SSSR count). The lowest BCUT2D eigenvalue weighted by molar-refractivity contribution is -0.385. The molecule has 0 aromatic heterocycles. The summed E-state index contributed by atoms with van der Waals surface area (Å²) in [4.78, 5) is 12.2. The molecule has 0 aliphatic carbocycles. The van der Waals surface area contributed by atoms with E-state index in [1.807, 2.05) is 11.8 Å². The SMILES string of the molecule is CCCOc1cc(N(C)CCO)ccc1[N+](=O)[O-]. The Balaban J connectivity index is 3.00. The number of ether oxygens (including phenoxy) is 1. The lowest BCUT2D eigenvalue weighted by Crippen LogP contribution is -2.21. The summed E-state index contributed by atoms with van der Waals surface area (Å²) in [6, 6.07) is 4.70. The second-order valence-electron chi connectivity index (χ2n) is 3.90. The molecular formula is C12H18N2O4. The van der Waals surface area contributed by atoms with Crippen LogP contribution in [0, 0.1) is 10.1 Å². The van der Waals surface area contributed by atoms with Crippen molar-refractivity contribution in [2.45, 2.75) is 13.3 Å². The summed E-state index contributed by atoms with van der Waals surface area (Å²) >= 11 is 0. The number of aliphatic hydroxyl groups is 1. The summed E-state index contributed by atoms with van der Waals surface area (Å²) in [6.07, 6.45) is 0.786. The van der Waals surface area contributed by atoms with E-state index in [1.165, 1.54) is 6.07 Å². The third-order valence-corrected chi connectivity index (χ3v) is 2.48. The highest BCUT2D eigenvalue weighted by molar-refractivity contribution is 5.59. The van der Waals surface area contributed by atoms with Gasteiger partial charge in [0.2, 0.25) is 0 Å². The molecule has 1 N–H and O–H groups in total. The first-order valence-electron chi connectivity index (χ1n) is 5.83. The van der Waals surface area contributed by atoms with Crippen LogP contribution < -0.4 is 9.64 Å². The molecule has 0 bridgehead atoms. The molecular weight excluding hydrogens is 236 g/mol. The number of aliphatic hydroxyl groups excluding tert-OH is 1. The van der Waals surface area contributed by atoms with Crippen LogP contribution in [-0.2, 0) is 0 Å². The molecule has 0 unspecified atom stereocenters. The van der Waals surface area contributed by atoms with Gasteiger partial charge in [-0.3, -0.25) is 10.1 Å². The van der Waals surface area contributed by atoms with Gasteiger partial charge in [-0.15, -0.1) is 0 Å². The summed E-state index contributed by atoms with van der Waals surface area (Å²) in [6.45, 7) is 2.87. The Hall–Kier alpha value is -1.82. The van der Waals surface area contributed by atoms with Crippen LogP contribution in [0.25, 0.3) is 0 Å². The van der Waals surface area contributed by atoms with Gasteiger partial charge in [0.05, 0.1) is 18.1 Å². The molecule has 1 aromatic rings. The lowest BCUT2D eigenvalue weighted by atomic mass is 10.2. The van der Waals surface area contributed by atoms with Gasteiger partial charge < -0.3 is 14.7 Å². The van der Waals surface area contributed by atoms with Crippen molar-refractivity contribution in [1.82, 2.24) is 0 Å². The van der Waals surface area contributed by atoms with Crippen molar-refractivity contribution in [2.75, 3.05) is 31.7 Å². The number of benzene rings is 1. The molecule has 0 aliphatic heterocycles. The van der Waals surface area contributed by atoms with E-state index in [0.717, 1.165) is 12.1 Å². The highest BCUT2D eigenvalue weighted by Crippen LogP contribution is 2.31. The Morgan fingerprint density at radius 2 is 2.22 bits per heavy atom. The summed E-state index contributed by atoms with van der Waals surface area (Å²) < 4.78 is 5.39. The average molecular weight is 254 g/mol. The predicted molar refractivity (Wildman–Crippen MR) is 69.2 cm³/mol. The number of hydrogen-bond acceptors (Lipinski definition) is 5. The maximum absolute atomic E-state index is 10.9. The molecule has 0 aliphatic rings. The third-order valence-electron chi connectivity index (χ3n) is 2.48.